The van der Waals surface area contributed by atoms with Gasteiger partial charge in [-0.1, -0.05) is 0 Å². The molecule has 0 saturated carbocycles. The predicted octanol–water partition coefficient (Wildman–Crippen LogP) is -2.44. The summed E-state index contributed by atoms with van der Waals surface area (Å²) in [6, 6.07) is 0. The summed E-state index contributed by atoms with van der Waals surface area (Å²) in [4.78, 5) is 5.32. The van der Waals surface area contributed by atoms with E-state index in [0.717, 1.165) is 0 Å². The van der Waals surface area contributed by atoms with Gasteiger partial charge in [0.25, 0.3) is 0 Å². The van der Waals surface area contributed by atoms with E-state index in [1.165, 1.54) is 4.90 Å². The van der Waals surface area contributed by atoms with Gasteiger partial charge in [0.05, 0.1) is 13.2 Å². The average molecular weight is 244 g/mol. The van der Waals surface area contributed by atoms with E-state index in [9.17, 15) is 5.21 Å². The van der Waals surface area contributed by atoms with Gasteiger partial charge in [0.2, 0.25) is 5.49 Å². The first-order valence-electron chi connectivity index (χ1n) is 4.91. The number of nitrogens with one attached hydrogen (secondary N) is 1. The summed E-state index contributed by atoms with van der Waals surface area (Å²) in [5.74, 6) is -0.257. The lowest BCUT2D eigenvalue weighted by molar-refractivity contribution is 0.177. The van der Waals surface area contributed by atoms with Crippen LogP contribution >= 0.6 is 0 Å². The van der Waals surface area contributed by atoms with Crippen LogP contribution in [0.4, 0.5) is 17.5 Å². The Morgan fingerprint density at radius 1 is 1.24 bits per heavy atom. The Labute approximate surface area is 97.0 Å². The highest BCUT2D eigenvalue weighted by Gasteiger charge is 2.16. The molecule has 0 atom stereocenters. The van der Waals surface area contributed by atoms with Crippen molar-refractivity contribution in [2.24, 2.45) is 0 Å². The van der Waals surface area contributed by atoms with Crippen molar-refractivity contribution in [1.29, 1.82) is 5.41 Å². The van der Waals surface area contributed by atoms with E-state index in [0.29, 0.717) is 4.73 Å². The molecule has 1 aromatic rings. The van der Waals surface area contributed by atoms with Crippen molar-refractivity contribution in [1.82, 2.24) is 9.71 Å². The second-order valence-corrected chi connectivity index (χ2v) is 3.30. The van der Waals surface area contributed by atoms with Gasteiger partial charge in [-0.3, -0.25) is 5.41 Å². The van der Waals surface area contributed by atoms with Crippen molar-refractivity contribution in [2.75, 3.05) is 42.7 Å². The normalized spacial score (nSPS) is 10.5. The minimum atomic E-state index is -0.417. The van der Waals surface area contributed by atoms with Crippen LogP contribution in [-0.4, -0.2) is 51.4 Å². The predicted molar refractivity (Wildman–Crippen MR) is 60.5 cm³/mol. The van der Waals surface area contributed by atoms with Crippen LogP contribution in [0.25, 0.3) is 0 Å². The summed E-state index contributed by atoms with van der Waals surface area (Å²) >= 11 is 0. The number of aliphatic hydroxyl groups is 2. The van der Waals surface area contributed by atoms with Crippen molar-refractivity contribution in [3.63, 3.8) is 0 Å². The molecule has 96 valence electrons. The number of nitrogens with zero attached hydrogens (tertiary/aromatic N) is 3. The smallest absolute Gasteiger partial charge is 0.205 e. The largest absolute Gasteiger partial charge is 0.425 e. The molecule has 0 aliphatic rings. The highest BCUT2D eigenvalue weighted by Crippen LogP contribution is 2.18. The monoisotopic (exact) mass is 244 g/mol. The molecule has 0 aromatic carbocycles. The molecule has 0 spiro atoms. The van der Waals surface area contributed by atoms with Crippen LogP contribution in [0, 0.1) is 5.41 Å². The summed E-state index contributed by atoms with van der Waals surface area (Å²) in [6.07, 6.45) is 0. The Morgan fingerprint density at radius 2 is 1.76 bits per heavy atom. The van der Waals surface area contributed by atoms with Gasteiger partial charge in [0.1, 0.15) is 0 Å². The van der Waals surface area contributed by atoms with Gasteiger partial charge in [-0.05, 0) is 0 Å². The Hall–Kier alpha value is -2.00. The second kappa shape index (κ2) is 5.37. The molecule has 9 nitrogen and oxygen atoms in total. The van der Waals surface area contributed by atoms with Crippen LogP contribution in [0.3, 0.4) is 0 Å². The Bertz CT molecular complexity index is 440. The van der Waals surface area contributed by atoms with E-state index in [1.54, 1.807) is 0 Å². The first-order chi connectivity index (χ1) is 8.02. The fraction of sp³-hybridized carbons (Fsp3) is 0.500. The van der Waals surface area contributed by atoms with Crippen molar-refractivity contribution in [2.45, 2.75) is 0 Å². The summed E-state index contributed by atoms with van der Waals surface area (Å²) < 4.78 is 0.402. The van der Waals surface area contributed by atoms with Crippen molar-refractivity contribution < 1.29 is 15.4 Å². The third kappa shape index (κ3) is 2.57. The summed E-state index contributed by atoms with van der Waals surface area (Å²) in [7, 11) is 0. The Kier molecular flexibility index (Phi) is 4.12. The van der Waals surface area contributed by atoms with Gasteiger partial charge < -0.3 is 31.8 Å². The molecular formula is C8H16N6O3. The van der Waals surface area contributed by atoms with Gasteiger partial charge in [-0.25, -0.2) is 4.98 Å². The SMILES string of the molecule is N=c1c(N)nc(N(CCO)CCO)c(N)n1O. The number of nitrogens with two attached hydrogens (primary N) is 2. The highest BCUT2D eigenvalue weighted by atomic mass is 16.5. The number of nitrogen functional groups attached to an aromatic ring is 2. The van der Waals surface area contributed by atoms with Gasteiger partial charge in [-0.15, -0.1) is 4.73 Å². The quantitative estimate of drug-likeness (QED) is 0.314. The van der Waals surface area contributed by atoms with Gasteiger partial charge in [0, 0.05) is 13.1 Å². The van der Waals surface area contributed by atoms with Crippen LogP contribution in [0.1, 0.15) is 0 Å². The fourth-order valence-electron chi connectivity index (χ4n) is 1.35. The van der Waals surface area contributed by atoms with E-state index in [2.05, 4.69) is 4.98 Å². The van der Waals surface area contributed by atoms with E-state index in [4.69, 9.17) is 27.1 Å². The number of anilines is 3. The topological polar surface area (TPSA) is 158 Å². The molecule has 9 heteroatoms. The van der Waals surface area contributed by atoms with E-state index >= 15 is 0 Å². The zero-order chi connectivity index (χ0) is 13.0. The summed E-state index contributed by atoms with van der Waals surface area (Å²) in [5, 5.41) is 34.6. The lowest BCUT2D eigenvalue weighted by atomic mass is 10.4. The molecule has 0 radical (unpaired) electrons. The summed E-state index contributed by atoms with van der Waals surface area (Å²) in [5.41, 5.74) is 10.6. The third-order valence-corrected chi connectivity index (χ3v) is 2.18. The fourth-order valence-corrected chi connectivity index (χ4v) is 1.35. The molecule has 8 N–H and O–H groups in total. The molecule has 1 rings (SSSR count). The second-order valence-electron chi connectivity index (χ2n) is 3.30. The lowest BCUT2D eigenvalue weighted by Gasteiger charge is -2.23. The minimum absolute atomic E-state index is 0.115. The standard InChI is InChI=1S/C8H16N6O3/c9-5-6(10)14(17)7(11)8(12-5)13(1-3-15)2-4-16/h10,15-17H,1-4,11H2,(H2,9,12). The van der Waals surface area contributed by atoms with Crippen molar-refractivity contribution in [3.8, 4) is 0 Å². The number of hydrogen-bond donors (Lipinski definition) is 6. The third-order valence-electron chi connectivity index (χ3n) is 2.18. The molecule has 0 aliphatic heterocycles. The number of rotatable bonds is 5. The maximum absolute atomic E-state index is 9.49. The molecule has 0 unspecified atom stereocenters. The minimum Gasteiger partial charge on any atom is -0.425 e. The first kappa shape index (κ1) is 13.1. The molecule has 0 fully saturated rings. The average Bonchev–Trinajstić information content (AvgIpc) is 2.31. The summed E-state index contributed by atoms with van der Waals surface area (Å²) in [6.45, 7) is 0.00720. The lowest BCUT2D eigenvalue weighted by Crippen LogP contribution is -2.35. The maximum atomic E-state index is 9.49. The van der Waals surface area contributed by atoms with Crippen LogP contribution in [0.15, 0.2) is 0 Å². The zero-order valence-electron chi connectivity index (χ0n) is 9.17. The molecule has 1 aromatic heterocycles. The van der Waals surface area contributed by atoms with Gasteiger partial charge >= 0.3 is 0 Å². The number of hydrogen-bond acceptors (Lipinski definition) is 8. The molecule has 0 aliphatic carbocycles. The van der Waals surface area contributed by atoms with Crippen molar-refractivity contribution >= 4 is 17.5 Å². The Balaban J connectivity index is 3.23. The van der Waals surface area contributed by atoms with Gasteiger partial charge in [-0.2, -0.15) is 0 Å². The first-order valence-corrected chi connectivity index (χ1v) is 4.91. The van der Waals surface area contributed by atoms with E-state index in [-0.39, 0.29) is 43.8 Å². The van der Waals surface area contributed by atoms with E-state index in [1.807, 2.05) is 0 Å². The zero-order valence-corrected chi connectivity index (χ0v) is 9.17. The molecule has 0 bridgehead atoms. The highest BCUT2D eigenvalue weighted by molar-refractivity contribution is 5.60. The molecule has 17 heavy (non-hydrogen) atoms. The van der Waals surface area contributed by atoms with Crippen molar-refractivity contribution in [3.05, 3.63) is 5.49 Å². The van der Waals surface area contributed by atoms with Crippen LogP contribution in [0.5, 0.6) is 0 Å². The van der Waals surface area contributed by atoms with Gasteiger partial charge in [0.15, 0.2) is 17.5 Å². The van der Waals surface area contributed by atoms with Crippen LogP contribution in [-0.2, 0) is 0 Å². The molecule has 0 amide bonds. The van der Waals surface area contributed by atoms with Crippen LogP contribution < -0.4 is 21.9 Å². The maximum Gasteiger partial charge on any atom is 0.205 e. The molecule has 0 saturated heterocycles. The Morgan fingerprint density at radius 3 is 2.24 bits per heavy atom. The molecular weight excluding hydrogens is 228 g/mol. The number of aromatic nitrogens is 2. The van der Waals surface area contributed by atoms with Crippen LogP contribution in [0.2, 0.25) is 0 Å². The molecule has 1 heterocycles. The number of aliphatic hydroxyl groups excluding tert-OH is 2. The van der Waals surface area contributed by atoms with E-state index < -0.39 is 5.49 Å².